The number of hydrogen-bond donors (Lipinski definition) is 3. The summed E-state index contributed by atoms with van der Waals surface area (Å²) in [5.41, 5.74) is 1.83. The molecule has 0 aliphatic heterocycles. The second-order valence-corrected chi connectivity index (χ2v) is 6.45. The fourth-order valence-corrected chi connectivity index (χ4v) is 3.11. The molecule has 0 bridgehead atoms. The number of phenols is 1. The smallest absolute Gasteiger partial charge is 0.115 e. The van der Waals surface area contributed by atoms with Crippen LogP contribution in [0, 0.1) is 5.92 Å². The zero-order valence-corrected chi connectivity index (χ0v) is 12.1. The van der Waals surface area contributed by atoms with Crippen LogP contribution in [-0.4, -0.2) is 22.4 Å². The predicted molar refractivity (Wildman–Crippen MR) is 77.3 cm³/mol. The molecule has 0 aromatic heterocycles. The summed E-state index contributed by atoms with van der Waals surface area (Å²) < 4.78 is 0. The predicted octanol–water partition coefficient (Wildman–Crippen LogP) is 2.77. The van der Waals surface area contributed by atoms with Gasteiger partial charge in [0.25, 0.3) is 0 Å². The lowest BCUT2D eigenvalue weighted by atomic mass is 9.94. The Kier molecular flexibility index (Phi) is 4.16. The van der Waals surface area contributed by atoms with Crippen molar-refractivity contribution in [1.29, 1.82) is 0 Å². The molecule has 0 saturated heterocycles. The zero-order valence-electron chi connectivity index (χ0n) is 12.1. The molecular weight excluding hydrogens is 238 g/mol. The van der Waals surface area contributed by atoms with Crippen LogP contribution in [0.2, 0.25) is 0 Å². The molecule has 0 spiro atoms. The molecule has 3 nitrogen and oxygen atoms in total. The third-order valence-electron chi connectivity index (χ3n) is 3.78. The maximum absolute atomic E-state index is 10.3. The average Bonchev–Trinajstić information content (AvgIpc) is 2.67. The van der Waals surface area contributed by atoms with Crippen LogP contribution in [0.3, 0.4) is 0 Å². The SMILES string of the molecule is CC(C)CC(C)(O)CNC1CCc2cc(O)ccc21. The molecule has 3 N–H and O–H groups in total. The third kappa shape index (κ3) is 3.71. The highest BCUT2D eigenvalue weighted by Gasteiger charge is 2.27. The lowest BCUT2D eigenvalue weighted by Crippen LogP contribution is -2.40. The van der Waals surface area contributed by atoms with E-state index < -0.39 is 5.60 Å². The van der Waals surface area contributed by atoms with Gasteiger partial charge in [-0.25, -0.2) is 0 Å². The molecule has 2 rings (SSSR count). The molecule has 1 aromatic rings. The summed E-state index contributed by atoms with van der Waals surface area (Å²) in [6.45, 7) is 6.76. The van der Waals surface area contributed by atoms with Crippen molar-refractivity contribution in [2.75, 3.05) is 6.54 Å². The number of fused-ring (bicyclic) bond motifs is 1. The van der Waals surface area contributed by atoms with E-state index in [-0.39, 0.29) is 0 Å². The Morgan fingerprint density at radius 2 is 2.16 bits per heavy atom. The molecule has 1 aliphatic carbocycles. The zero-order chi connectivity index (χ0) is 14.0. The van der Waals surface area contributed by atoms with Crippen molar-refractivity contribution in [2.45, 2.75) is 51.7 Å². The highest BCUT2D eigenvalue weighted by Crippen LogP contribution is 2.33. The van der Waals surface area contributed by atoms with E-state index in [0.29, 0.717) is 24.3 Å². The largest absolute Gasteiger partial charge is 0.508 e. The van der Waals surface area contributed by atoms with E-state index in [0.717, 1.165) is 19.3 Å². The van der Waals surface area contributed by atoms with Gasteiger partial charge < -0.3 is 15.5 Å². The molecule has 3 heteroatoms. The molecule has 1 aliphatic rings. The van der Waals surface area contributed by atoms with Gasteiger partial charge in [-0.05, 0) is 55.4 Å². The molecular formula is C16H25NO2. The maximum Gasteiger partial charge on any atom is 0.115 e. The Hall–Kier alpha value is -1.06. The van der Waals surface area contributed by atoms with Crippen LogP contribution in [0.5, 0.6) is 5.75 Å². The van der Waals surface area contributed by atoms with Gasteiger partial charge in [0.2, 0.25) is 0 Å². The van der Waals surface area contributed by atoms with Gasteiger partial charge in [-0.15, -0.1) is 0 Å². The van der Waals surface area contributed by atoms with E-state index in [9.17, 15) is 10.2 Å². The van der Waals surface area contributed by atoms with E-state index in [1.807, 2.05) is 19.1 Å². The molecule has 106 valence electrons. The quantitative estimate of drug-likeness (QED) is 0.765. The van der Waals surface area contributed by atoms with Crippen molar-refractivity contribution >= 4 is 0 Å². The standard InChI is InChI=1S/C16H25NO2/c1-11(2)9-16(3,19)10-17-15-7-4-12-8-13(18)5-6-14(12)15/h5-6,8,11,15,17-19H,4,7,9-10H2,1-3H3. The van der Waals surface area contributed by atoms with E-state index >= 15 is 0 Å². The van der Waals surface area contributed by atoms with Crippen LogP contribution in [-0.2, 0) is 6.42 Å². The Morgan fingerprint density at radius 1 is 1.42 bits per heavy atom. The van der Waals surface area contributed by atoms with Gasteiger partial charge >= 0.3 is 0 Å². The van der Waals surface area contributed by atoms with Gasteiger partial charge in [-0.1, -0.05) is 19.9 Å². The van der Waals surface area contributed by atoms with Crippen LogP contribution in [0.15, 0.2) is 18.2 Å². The van der Waals surface area contributed by atoms with Gasteiger partial charge in [-0.3, -0.25) is 0 Å². The minimum atomic E-state index is -0.659. The third-order valence-corrected chi connectivity index (χ3v) is 3.78. The van der Waals surface area contributed by atoms with Gasteiger partial charge in [0, 0.05) is 12.6 Å². The Bertz CT molecular complexity index is 440. The summed E-state index contributed by atoms with van der Waals surface area (Å²) in [6, 6.07) is 5.88. The molecule has 0 radical (unpaired) electrons. The first-order valence-corrected chi connectivity index (χ1v) is 7.15. The number of hydrogen-bond acceptors (Lipinski definition) is 3. The summed E-state index contributed by atoms with van der Waals surface area (Å²) in [4.78, 5) is 0. The van der Waals surface area contributed by atoms with Crippen molar-refractivity contribution in [2.24, 2.45) is 5.92 Å². The molecule has 0 amide bonds. The van der Waals surface area contributed by atoms with Crippen LogP contribution < -0.4 is 5.32 Å². The molecule has 0 saturated carbocycles. The second kappa shape index (κ2) is 5.51. The number of rotatable bonds is 5. The summed E-state index contributed by atoms with van der Waals surface area (Å²) >= 11 is 0. The summed E-state index contributed by atoms with van der Waals surface area (Å²) in [7, 11) is 0. The molecule has 0 heterocycles. The minimum Gasteiger partial charge on any atom is -0.508 e. The lowest BCUT2D eigenvalue weighted by Gasteiger charge is -2.27. The van der Waals surface area contributed by atoms with Gasteiger partial charge in [-0.2, -0.15) is 0 Å². The van der Waals surface area contributed by atoms with Gasteiger partial charge in [0.05, 0.1) is 5.60 Å². The summed E-state index contributed by atoms with van der Waals surface area (Å²) in [6.07, 6.45) is 2.83. The van der Waals surface area contributed by atoms with Crippen molar-refractivity contribution < 1.29 is 10.2 Å². The summed E-state index contributed by atoms with van der Waals surface area (Å²) in [5.74, 6) is 0.829. The van der Waals surface area contributed by atoms with Crippen molar-refractivity contribution in [1.82, 2.24) is 5.32 Å². The highest BCUT2D eigenvalue weighted by molar-refractivity contribution is 5.40. The van der Waals surface area contributed by atoms with Crippen molar-refractivity contribution in [3.05, 3.63) is 29.3 Å². The molecule has 19 heavy (non-hydrogen) atoms. The molecule has 0 fully saturated rings. The topological polar surface area (TPSA) is 52.5 Å². The number of phenolic OH excluding ortho intramolecular Hbond substituents is 1. The van der Waals surface area contributed by atoms with Crippen LogP contribution in [0.25, 0.3) is 0 Å². The van der Waals surface area contributed by atoms with Crippen LogP contribution in [0.4, 0.5) is 0 Å². The lowest BCUT2D eigenvalue weighted by molar-refractivity contribution is 0.0359. The highest BCUT2D eigenvalue weighted by atomic mass is 16.3. The fourth-order valence-electron chi connectivity index (χ4n) is 3.11. The van der Waals surface area contributed by atoms with E-state index in [1.165, 1.54) is 11.1 Å². The molecule has 1 aromatic carbocycles. The Morgan fingerprint density at radius 3 is 2.84 bits per heavy atom. The molecule has 2 atom stereocenters. The van der Waals surface area contributed by atoms with Gasteiger partial charge in [0.1, 0.15) is 5.75 Å². The fraction of sp³-hybridized carbons (Fsp3) is 0.625. The van der Waals surface area contributed by atoms with E-state index in [2.05, 4.69) is 19.2 Å². The first-order valence-electron chi connectivity index (χ1n) is 7.15. The second-order valence-electron chi connectivity index (χ2n) is 6.45. The first-order chi connectivity index (χ1) is 8.87. The van der Waals surface area contributed by atoms with Crippen LogP contribution >= 0.6 is 0 Å². The number of aromatic hydroxyl groups is 1. The summed E-state index contributed by atoms with van der Waals surface area (Å²) in [5, 5.41) is 23.3. The maximum atomic E-state index is 10.3. The van der Waals surface area contributed by atoms with Crippen molar-refractivity contribution in [3.8, 4) is 5.75 Å². The van der Waals surface area contributed by atoms with Crippen LogP contribution in [0.1, 0.15) is 50.8 Å². The van der Waals surface area contributed by atoms with Crippen molar-refractivity contribution in [3.63, 3.8) is 0 Å². The number of aryl methyl sites for hydroxylation is 1. The Balaban J connectivity index is 1.96. The van der Waals surface area contributed by atoms with Gasteiger partial charge in [0.15, 0.2) is 0 Å². The Labute approximate surface area is 115 Å². The van der Waals surface area contributed by atoms with E-state index in [4.69, 9.17) is 0 Å². The normalized spacial score (nSPS) is 21.4. The van der Waals surface area contributed by atoms with E-state index in [1.54, 1.807) is 6.07 Å². The number of aliphatic hydroxyl groups is 1. The monoisotopic (exact) mass is 263 g/mol. The first kappa shape index (κ1) is 14.4. The number of benzene rings is 1. The molecule has 2 unspecified atom stereocenters. The number of nitrogens with one attached hydrogen (secondary N) is 1. The average molecular weight is 263 g/mol. The minimum absolute atomic E-state index is 0.300.